The van der Waals surface area contributed by atoms with Crippen LogP contribution in [0.25, 0.3) is 0 Å². The number of aromatic nitrogens is 3. The van der Waals surface area contributed by atoms with E-state index in [0.29, 0.717) is 45.3 Å². The number of hydrogen-bond donors (Lipinski definition) is 4. The van der Waals surface area contributed by atoms with Crippen LogP contribution < -0.4 is 0 Å². The smallest absolute Gasteiger partial charge is 0.186 e. The lowest BCUT2D eigenvalue weighted by Gasteiger charge is -2.39. The minimum Gasteiger partial charge on any atom is -0.394 e. The minimum absolute atomic E-state index is 0.111. The van der Waals surface area contributed by atoms with Gasteiger partial charge in [0.1, 0.15) is 30.1 Å². The van der Waals surface area contributed by atoms with Gasteiger partial charge in [-0.05, 0) is 24.9 Å². The summed E-state index contributed by atoms with van der Waals surface area (Å²) in [5.41, 5.74) is 0.651. The predicted molar refractivity (Wildman–Crippen MR) is 123 cm³/mol. The summed E-state index contributed by atoms with van der Waals surface area (Å²) >= 11 is 1.87. The number of aliphatic hydroxyl groups excluding tert-OH is 4. The Morgan fingerprint density at radius 2 is 1.68 bits per heavy atom. The van der Waals surface area contributed by atoms with Gasteiger partial charge in [-0.3, -0.25) is 0 Å². The number of rotatable bonds is 19. The van der Waals surface area contributed by atoms with Crippen LogP contribution in [0.5, 0.6) is 0 Å². The van der Waals surface area contributed by atoms with Crippen molar-refractivity contribution >= 4 is 11.8 Å². The van der Waals surface area contributed by atoms with Crippen LogP contribution in [0.1, 0.15) is 25.0 Å². The van der Waals surface area contributed by atoms with Crippen molar-refractivity contribution in [3.05, 3.63) is 11.9 Å². The molecular weight excluding hydrogens is 470 g/mol. The molecule has 4 N–H and O–H groups in total. The first kappa shape index (κ1) is 29.4. The molecule has 2 unspecified atom stereocenters. The summed E-state index contributed by atoms with van der Waals surface area (Å²) in [6, 6.07) is 0. The number of hydrogen-bond acceptors (Lipinski definition) is 12. The maximum atomic E-state index is 9.96. The number of nitrogens with zero attached hydrogens (tertiary/aromatic N) is 3. The Labute approximate surface area is 204 Å². The number of unbranched alkanes of at least 4 members (excludes halogenated alkanes) is 2. The lowest BCUT2D eigenvalue weighted by atomic mass is 9.99. The highest BCUT2D eigenvalue weighted by Gasteiger charge is 2.43. The molecule has 0 aliphatic carbocycles. The Hall–Kier alpha value is -0.870. The van der Waals surface area contributed by atoms with Gasteiger partial charge in [-0.15, -0.1) is 5.10 Å². The van der Waals surface area contributed by atoms with Crippen molar-refractivity contribution in [1.29, 1.82) is 0 Å². The van der Waals surface area contributed by atoms with Gasteiger partial charge >= 0.3 is 0 Å². The number of thioether (sulfide) groups is 1. The summed E-state index contributed by atoms with van der Waals surface area (Å²) in [7, 11) is 0. The average Bonchev–Trinajstić information content (AvgIpc) is 3.29. The summed E-state index contributed by atoms with van der Waals surface area (Å²) in [6.07, 6.45) is 0.870. The molecule has 0 bridgehead atoms. The SMILES string of the molecule is CSCCCCCOCCOCCOCc1cn(CCO[C@H]2OC(CO)[C@@H](O)[C@H](O)C2O)nn1. The van der Waals surface area contributed by atoms with Gasteiger partial charge < -0.3 is 44.1 Å². The largest absolute Gasteiger partial charge is 0.394 e. The van der Waals surface area contributed by atoms with Gasteiger partial charge in [-0.2, -0.15) is 11.8 Å². The second-order valence-corrected chi connectivity index (χ2v) is 8.86. The highest BCUT2D eigenvalue weighted by molar-refractivity contribution is 7.98. The molecule has 1 aliphatic heterocycles. The third-order valence-corrected chi connectivity index (χ3v) is 5.87. The number of aliphatic hydroxyl groups is 4. The molecule has 1 aromatic rings. The van der Waals surface area contributed by atoms with E-state index in [2.05, 4.69) is 16.6 Å². The quantitative estimate of drug-likeness (QED) is 0.172. The maximum absolute atomic E-state index is 9.96. The molecule has 1 aromatic heterocycles. The van der Waals surface area contributed by atoms with Crippen molar-refractivity contribution in [2.75, 3.05) is 58.3 Å². The lowest BCUT2D eigenvalue weighted by molar-refractivity contribution is -0.301. The van der Waals surface area contributed by atoms with Gasteiger partial charge in [0.2, 0.25) is 0 Å². The molecule has 0 aromatic carbocycles. The van der Waals surface area contributed by atoms with Gasteiger partial charge in [0, 0.05) is 6.61 Å². The van der Waals surface area contributed by atoms with Crippen molar-refractivity contribution in [3.8, 4) is 0 Å². The van der Waals surface area contributed by atoms with E-state index < -0.39 is 37.3 Å². The molecule has 34 heavy (non-hydrogen) atoms. The molecule has 5 atom stereocenters. The van der Waals surface area contributed by atoms with E-state index in [4.69, 9.17) is 23.7 Å². The van der Waals surface area contributed by atoms with Crippen molar-refractivity contribution in [2.24, 2.45) is 0 Å². The fourth-order valence-corrected chi connectivity index (χ4v) is 3.72. The molecule has 12 nitrogen and oxygen atoms in total. The third-order valence-electron chi connectivity index (χ3n) is 5.17. The Bertz CT molecular complexity index is 640. The van der Waals surface area contributed by atoms with Crippen LogP contribution in [0, 0.1) is 0 Å². The van der Waals surface area contributed by atoms with Crippen LogP contribution in [0.2, 0.25) is 0 Å². The van der Waals surface area contributed by atoms with E-state index in [0.717, 1.165) is 13.0 Å². The van der Waals surface area contributed by atoms with Crippen LogP contribution in [0.15, 0.2) is 6.20 Å². The van der Waals surface area contributed by atoms with Crippen LogP contribution in [-0.2, 0) is 36.8 Å². The molecule has 1 fully saturated rings. The zero-order chi connectivity index (χ0) is 24.6. The zero-order valence-electron chi connectivity index (χ0n) is 19.7. The Kier molecular flexibility index (Phi) is 15.1. The molecule has 2 heterocycles. The van der Waals surface area contributed by atoms with Crippen molar-refractivity contribution in [3.63, 3.8) is 0 Å². The molecule has 1 aliphatic rings. The molecule has 2 rings (SSSR count). The third kappa shape index (κ3) is 10.8. The normalized spacial score (nSPS) is 25.1. The Morgan fingerprint density at radius 3 is 2.41 bits per heavy atom. The highest BCUT2D eigenvalue weighted by atomic mass is 32.2. The maximum Gasteiger partial charge on any atom is 0.186 e. The fraction of sp³-hybridized carbons (Fsp3) is 0.905. The Morgan fingerprint density at radius 1 is 0.941 bits per heavy atom. The summed E-state index contributed by atoms with van der Waals surface area (Å²) in [6.45, 7) is 3.03. The molecule has 0 saturated carbocycles. The first-order chi connectivity index (χ1) is 16.6. The van der Waals surface area contributed by atoms with E-state index in [9.17, 15) is 20.4 Å². The standard InChI is InChI=1S/C21H39N3O9S/c1-34-12-4-2-3-6-29-8-9-30-10-11-31-15-16-13-24(23-22-16)5-7-32-21-20(28)19(27)18(26)17(14-25)33-21/h13,17-21,25-28H,2-12,14-15H2,1H3/t17?,18-,19+,20?,21+/m1/s1. The molecule has 0 spiro atoms. The summed E-state index contributed by atoms with van der Waals surface area (Å²) < 4.78 is 28.8. The van der Waals surface area contributed by atoms with E-state index in [-0.39, 0.29) is 6.61 Å². The number of ether oxygens (including phenoxy) is 5. The topological polar surface area (TPSA) is 158 Å². The van der Waals surface area contributed by atoms with Crippen molar-refractivity contribution in [2.45, 2.75) is 63.1 Å². The minimum atomic E-state index is -1.47. The summed E-state index contributed by atoms with van der Waals surface area (Å²) in [5.74, 6) is 1.21. The van der Waals surface area contributed by atoms with E-state index >= 15 is 0 Å². The lowest BCUT2D eigenvalue weighted by Crippen LogP contribution is -2.59. The van der Waals surface area contributed by atoms with Crippen LogP contribution >= 0.6 is 11.8 Å². The predicted octanol–water partition coefficient (Wildman–Crippen LogP) is -0.822. The van der Waals surface area contributed by atoms with Crippen LogP contribution in [0.4, 0.5) is 0 Å². The molecule has 1 saturated heterocycles. The van der Waals surface area contributed by atoms with Gasteiger partial charge in [0.25, 0.3) is 0 Å². The first-order valence-electron chi connectivity index (χ1n) is 11.6. The molecule has 198 valence electrons. The van der Waals surface area contributed by atoms with Gasteiger partial charge in [-0.1, -0.05) is 11.6 Å². The average molecular weight is 510 g/mol. The molecule has 0 radical (unpaired) electrons. The van der Waals surface area contributed by atoms with E-state index in [1.54, 1.807) is 10.9 Å². The Balaban J connectivity index is 1.48. The van der Waals surface area contributed by atoms with Gasteiger partial charge in [0.05, 0.1) is 59.0 Å². The highest BCUT2D eigenvalue weighted by Crippen LogP contribution is 2.21. The zero-order valence-corrected chi connectivity index (χ0v) is 20.6. The van der Waals surface area contributed by atoms with E-state index in [1.165, 1.54) is 18.6 Å². The summed E-state index contributed by atoms with van der Waals surface area (Å²) in [4.78, 5) is 0. The first-order valence-corrected chi connectivity index (χ1v) is 13.0. The van der Waals surface area contributed by atoms with Gasteiger partial charge in [0.15, 0.2) is 6.29 Å². The summed E-state index contributed by atoms with van der Waals surface area (Å²) in [5, 5.41) is 46.7. The van der Waals surface area contributed by atoms with Crippen molar-refractivity contribution < 1.29 is 44.1 Å². The van der Waals surface area contributed by atoms with Gasteiger partial charge in [-0.25, -0.2) is 4.68 Å². The fourth-order valence-electron chi connectivity index (χ4n) is 3.23. The van der Waals surface area contributed by atoms with E-state index in [1.807, 2.05) is 11.8 Å². The van der Waals surface area contributed by atoms with Crippen molar-refractivity contribution in [1.82, 2.24) is 15.0 Å². The second kappa shape index (κ2) is 17.5. The molecule has 0 amide bonds. The second-order valence-electron chi connectivity index (χ2n) is 7.87. The van der Waals surface area contributed by atoms with Crippen LogP contribution in [-0.4, -0.2) is 124 Å². The molecular formula is C21H39N3O9S. The monoisotopic (exact) mass is 509 g/mol. The molecule has 13 heteroatoms. The van der Waals surface area contributed by atoms with Crippen LogP contribution in [0.3, 0.4) is 0 Å².